The van der Waals surface area contributed by atoms with E-state index in [4.69, 9.17) is 4.74 Å². The number of ether oxygens (including phenoxy) is 1. The van der Waals surface area contributed by atoms with Crippen LogP contribution in [0.4, 0.5) is 17.2 Å². The molecule has 3 aromatic rings. The van der Waals surface area contributed by atoms with Gasteiger partial charge in [-0.3, -0.25) is 4.79 Å². The zero-order valence-electron chi connectivity index (χ0n) is 17.1. The van der Waals surface area contributed by atoms with Crippen LogP contribution in [0, 0.1) is 0 Å². The van der Waals surface area contributed by atoms with Crippen LogP contribution in [0.3, 0.4) is 0 Å². The maximum atomic E-state index is 12.6. The van der Waals surface area contributed by atoms with Crippen LogP contribution in [-0.2, 0) is 0 Å². The molecule has 0 saturated heterocycles. The maximum absolute atomic E-state index is 12.6. The topological polar surface area (TPSA) is 76.1 Å². The van der Waals surface area contributed by atoms with E-state index >= 15 is 0 Å². The SMILES string of the molecule is CC(C)Oc1ccccc1Nc1cnc(C(=O)Nc2ccccc2C(C)C)cn1. The van der Waals surface area contributed by atoms with Crippen LogP contribution in [0.15, 0.2) is 60.9 Å². The number of rotatable bonds is 7. The van der Waals surface area contributed by atoms with Crippen molar-refractivity contribution in [3.63, 3.8) is 0 Å². The molecule has 0 radical (unpaired) electrons. The second-order valence-electron chi connectivity index (χ2n) is 7.27. The van der Waals surface area contributed by atoms with Crippen LogP contribution in [-0.4, -0.2) is 22.0 Å². The third-order valence-electron chi connectivity index (χ3n) is 4.23. The molecule has 0 unspecified atom stereocenters. The van der Waals surface area contributed by atoms with Gasteiger partial charge in [0.15, 0.2) is 0 Å². The van der Waals surface area contributed by atoms with Crippen molar-refractivity contribution in [2.24, 2.45) is 0 Å². The average molecular weight is 390 g/mol. The largest absolute Gasteiger partial charge is 0.489 e. The van der Waals surface area contributed by atoms with E-state index in [1.165, 1.54) is 12.4 Å². The van der Waals surface area contributed by atoms with Gasteiger partial charge in [-0.15, -0.1) is 0 Å². The fourth-order valence-electron chi connectivity index (χ4n) is 2.88. The second-order valence-corrected chi connectivity index (χ2v) is 7.27. The van der Waals surface area contributed by atoms with Crippen molar-refractivity contribution in [2.75, 3.05) is 10.6 Å². The maximum Gasteiger partial charge on any atom is 0.275 e. The van der Waals surface area contributed by atoms with Gasteiger partial charge in [0.1, 0.15) is 17.3 Å². The molecule has 0 aliphatic carbocycles. The molecule has 0 bridgehead atoms. The molecule has 1 amide bonds. The summed E-state index contributed by atoms with van der Waals surface area (Å²) < 4.78 is 5.80. The number of nitrogens with one attached hydrogen (secondary N) is 2. The Morgan fingerprint density at radius 3 is 2.24 bits per heavy atom. The van der Waals surface area contributed by atoms with Crippen LogP contribution < -0.4 is 15.4 Å². The van der Waals surface area contributed by atoms with Gasteiger partial charge in [-0.1, -0.05) is 44.2 Å². The summed E-state index contributed by atoms with van der Waals surface area (Å²) in [4.78, 5) is 21.2. The van der Waals surface area contributed by atoms with Crippen molar-refractivity contribution < 1.29 is 9.53 Å². The molecule has 1 heterocycles. The minimum atomic E-state index is -0.291. The van der Waals surface area contributed by atoms with Crippen LogP contribution in [0.2, 0.25) is 0 Å². The standard InChI is InChI=1S/C23H26N4O2/c1-15(2)17-9-5-6-10-18(17)27-23(28)20-13-25-22(14-24-20)26-19-11-7-8-12-21(19)29-16(3)4/h5-16H,1-4H3,(H,25,26)(H,27,28). The summed E-state index contributed by atoms with van der Waals surface area (Å²) in [6.45, 7) is 8.13. The summed E-state index contributed by atoms with van der Waals surface area (Å²) in [5.41, 5.74) is 2.91. The molecule has 2 N–H and O–H groups in total. The molecule has 150 valence electrons. The van der Waals surface area contributed by atoms with Crippen LogP contribution in [0.25, 0.3) is 0 Å². The fourth-order valence-corrected chi connectivity index (χ4v) is 2.88. The number of nitrogens with zero attached hydrogens (tertiary/aromatic N) is 2. The summed E-state index contributed by atoms with van der Waals surface area (Å²) in [6, 6.07) is 15.4. The summed E-state index contributed by atoms with van der Waals surface area (Å²) >= 11 is 0. The fraction of sp³-hybridized carbons (Fsp3) is 0.261. The Balaban J connectivity index is 1.72. The van der Waals surface area contributed by atoms with Gasteiger partial charge >= 0.3 is 0 Å². The number of carbonyl (C=O) groups is 1. The Bertz CT molecular complexity index is 969. The van der Waals surface area contributed by atoms with Crippen molar-refractivity contribution in [1.29, 1.82) is 0 Å². The summed E-state index contributed by atoms with van der Waals surface area (Å²) in [7, 11) is 0. The minimum absolute atomic E-state index is 0.0591. The Hall–Kier alpha value is -3.41. The minimum Gasteiger partial charge on any atom is -0.489 e. The Kier molecular flexibility index (Phi) is 6.44. The Morgan fingerprint density at radius 1 is 0.897 bits per heavy atom. The van der Waals surface area contributed by atoms with Gasteiger partial charge in [0.25, 0.3) is 5.91 Å². The lowest BCUT2D eigenvalue weighted by molar-refractivity contribution is 0.102. The molecule has 0 aliphatic rings. The molecule has 6 heteroatoms. The molecule has 1 aromatic heterocycles. The normalized spacial score (nSPS) is 10.8. The predicted molar refractivity (Wildman–Crippen MR) is 116 cm³/mol. The number of anilines is 3. The first kappa shape index (κ1) is 20.3. The third-order valence-corrected chi connectivity index (χ3v) is 4.23. The highest BCUT2D eigenvalue weighted by Gasteiger charge is 2.13. The predicted octanol–water partition coefficient (Wildman–Crippen LogP) is 5.38. The molecule has 29 heavy (non-hydrogen) atoms. The first-order valence-electron chi connectivity index (χ1n) is 9.69. The number of hydrogen-bond donors (Lipinski definition) is 2. The van der Waals surface area contributed by atoms with Crippen molar-refractivity contribution in [3.05, 3.63) is 72.2 Å². The van der Waals surface area contributed by atoms with E-state index in [0.29, 0.717) is 11.7 Å². The van der Waals surface area contributed by atoms with Gasteiger partial charge in [0.2, 0.25) is 0 Å². The summed E-state index contributed by atoms with van der Waals surface area (Å²) in [5.74, 6) is 1.28. The smallest absolute Gasteiger partial charge is 0.275 e. The van der Waals surface area contributed by atoms with E-state index in [2.05, 4.69) is 34.4 Å². The number of carbonyl (C=O) groups excluding carboxylic acids is 1. The van der Waals surface area contributed by atoms with Gasteiger partial charge in [-0.05, 0) is 43.5 Å². The molecular formula is C23H26N4O2. The molecule has 0 aliphatic heterocycles. The van der Waals surface area contributed by atoms with E-state index in [9.17, 15) is 4.79 Å². The number of para-hydroxylation sites is 3. The number of amides is 1. The average Bonchev–Trinajstić information content (AvgIpc) is 2.70. The molecular weight excluding hydrogens is 364 g/mol. The lowest BCUT2D eigenvalue weighted by Crippen LogP contribution is -2.15. The second kappa shape index (κ2) is 9.19. The lowest BCUT2D eigenvalue weighted by atomic mass is 10.0. The van der Waals surface area contributed by atoms with Crippen LogP contribution >= 0.6 is 0 Å². The molecule has 0 atom stereocenters. The van der Waals surface area contributed by atoms with Gasteiger partial charge in [0, 0.05) is 5.69 Å². The van der Waals surface area contributed by atoms with Crippen molar-refractivity contribution in [3.8, 4) is 5.75 Å². The Labute approximate surface area is 171 Å². The quantitative estimate of drug-likeness (QED) is 0.566. The number of benzene rings is 2. The highest BCUT2D eigenvalue weighted by molar-refractivity contribution is 6.03. The van der Waals surface area contributed by atoms with E-state index in [0.717, 1.165) is 22.7 Å². The van der Waals surface area contributed by atoms with Crippen molar-refractivity contribution in [2.45, 2.75) is 39.7 Å². The first-order chi connectivity index (χ1) is 13.9. The highest BCUT2D eigenvalue weighted by Crippen LogP contribution is 2.27. The van der Waals surface area contributed by atoms with Crippen molar-refractivity contribution in [1.82, 2.24) is 9.97 Å². The summed E-state index contributed by atoms with van der Waals surface area (Å²) in [5, 5.41) is 6.11. The lowest BCUT2D eigenvalue weighted by Gasteiger charge is -2.15. The van der Waals surface area contributed by atoms with Crippen molar-refractivity contribution >= 4 is 23.1 Å². The number of aromatic nitrogens is 2. The monoisotopic (exact) mass is 390 g/mol. The first-order valence-corrected chi connectivity index (χ1v) is 9.69. The molecule has 6 nitrogen and oxygen atoms in total. The zero-order chi connectivity index (χ0) is 20.8. The number of hydrogen-bond acceptors (Lipinski definition) is 5. The van der Waals surface area contributed by atoms with Gasteiger partial charge < -0.3 is 15.4 Å². The molecule has 0 saturated carbocycles. The van der Waals surface area contributed by atoms with Crippen LogP contribution in [0.5, 0.6) is 5.75 Å². The highest BCUT2D eigenvalue weighted by atomic mass is 16.5. The van der Waals surface area contributed by atoms with E-state index in [1.807, 2.05) is 62.4 Å². The molecule has 0 spiro atoms. The van der Waals surface area contributed by atoms with Gasteiger partial charge in [-0.2, -0.15) is 0 Å². The van der Waals surface area contributed by atoms with Gasteiger partial charge in [-0.25, -0.2) is 9.97 Å². The van der Waals surface area contributed by atoms with E-state index < -0.39 is 0 Å². The Morgan fingerprint density at radius 2 is 1.59 bits per heavy atom. The third kappa shape index (κ3) is 5.31. The molecule has 2 aromatic carbocycles. The molecule has 0 fully saturated rings. The van der Waals surface area contributed by atoms with E-state index in [-0.39, 0.29) is 17.7 Å². The molecule has 3 rings (SSSR count). The zero-order valence-corrected chi connectivity index (χ0v) is 17.1. The van der Waals surface area contributed by atoms with Crippen LogP contribution in [0.1, 0.15) is 49.7 Å². The summed E-state index contributed by atoms with van der Waals surface area (Å²) in [6.07, 6.45) is 3.06. The van der Waals surface area contributed by atoms with Gasteiger partial charge in [0.05, 0.1) is 24.2 Å². The van der Waals surface area contributed by atoms with E-state index in [1.54, 1.807) is 0 Å².